The second kappa shape index (κ2) is 8.80. The Morgan fingerprint density at radius 2 is 1.76 bits per heavy atom. The average Bonchev–Trinajstić information content (AvgIpc) is 3.13. The molecule has 6 nitrogen and oxygen atoms in total. The van der Waals surface area contributed by atoms with Gasteiger partial charge in [-0.1, -0.05) is 47.7 Å². The fraction of sp³-hybridized carbons (Fsp3) is 0.318. The minimum Gasteiger partial charge on any atom is -0.378 e. The maximum absolute atomic E-state index is 13.0. The van der Waals surface area contributed by atoms with Crippen molar-refractivity contribution in [2.24, 2.45) is 0 Å². The number of benzene rings is 2. The molecule has 1 amide bonds. The highest BCUT2D eigenvalue weighted by atomic mass is 32.2. The number of morpholine rings is 1. The van der Waals surface area contributed by atoms with Gasteiger partial charge < -0.3 is 9.64 Å². The number of carbonyl (C=O) groups is 1. The van der Waals surface area contributed by atoms with Gasteiger partial charge >= 0.3 is 0 Å². The predicted octanol–water partition coefficient (Wildman–Crippen LogP) is 3.65. The van der Waals surface area contributed by atoms with Gasteiger partial charge in [-0.2, -0.15) is 0 Å². The SMILES string of the molecule is Cc1ccc(-n2c(C)nnc2SCc2ccccc2C(=O)N2CCOCC2)cc1. The Balaban J connectivity index is 1.55. The molecule has 3 aromatic rings. The Kier molecular flexibility index (Phi) is 5.97. The molecule has 1 fully saturated rings. The number of amides is 1. The van der Waals surface area contributed by atoms with E-state index < -0.39 is 0 Å². The number of rotatable bonds is 5. The maximum Gasteiger partial charge on any atom is 0.254 e. The fourth-order valence-electron chi connectivity index (χ4n) is 3.36. The summed E-state index contributed by atoms with van der Waals surface area (Å²) in [5.74, 6) is 1.56. The quantitative estimate of drug-likeness (QED) is 0.603. The van der Waals surface area contributed by atoms with Crippen LogP contribution in [0, 0.1) is 13.8 Å². The summed E-state index contributed by atoms with van der Waals surface area (Å²) in [6.07, 6.45) is 0. The molecule has 1 aliphatic heterocycles. The molecular weight excluding hydrogens is 384 g/mol. The molecule has 0 unspecified atom stereocenters. The first-order valence-electron chi connectivity index (χ1n) is 9.70. The summed E-state index contributed by atoms with van der Waals surface area (Å²) in [6, 6.07) is 16.1. The third kappa shape index (κ3) is 4.36. The van der Waals surface area contributed by atoms with E-state index in [9.17, 15) is 4.79 Å². The molecule has 2 aromatic carbocycles. The zero-order valence-electron chi connectivity index (χ0n) is 16.7. The van der Waals surface area contributed by atoms with Gasteiger partial charge in [0.25, 0.3) is 5.91 Å². The van der Waals surface area contributed by atoms with E-state index >= 15 is 0 Å². The van der Waals surface area contributed by atoms with Crippen molar-refractivity contribution in [1.82, 2.24) is 19.7 Å². The van der Waals surface area contributed by atoms with Crippen LogP contribution in [0.3, 0.4) is 0 Å². The fourth-order valence-corrected chi connectivity index (χ4v) is 4.36. The summed E-state index contributed by atoms with van der Waals surface area (Å²) < 4.78 is 7.42. The Labute approximate surface area is 174 Å². The number of nitrogens with zero attached hydrogens (tertiary/aromatic N) is 4. The van der Waals surface area contributed by atoms with Gasteiger partial charge in [0.2, 0.25) is 0 Å². The van der Waals surface area contributed by atoms with Crippen LogP contribution in [0.5, 0.6) is 0 Å². The Morgan fingerprint density at radius 3 is 2.52 bits per heavy atom. The van der Waals surface area contributed by atoms with Crippen molar-refractivity contribution in [3.63, 3.8) is 0 Å². The smallest absolute Gasteiger partial charge is 0.254 e. The predicted molar refractivity (Wildman–Crippen MR) is 114 cm³/mol. The Bertz CT molecular complexity index is 994. The van der Waals surface area contributed by atoms with Crippen molar-refractivity contribution in [3.05, 3.63) is 71.0 Å². The van der Waals surface area contributed by atoms with Gasteiger partial charge in [-0.3, -0.25) is 9.36 Å². The highest BCUT2D eigenvalue weighted by molar-refractivity contribution is 7.98. The summed E-state index contributed by atoms with van der Waals surface area (Å²) >= 11 is 1.59. The van der Waals surface area contributed by atoms with Crippen LogP contribution < -0.4 is 0 Å². The largest absolute Gasteiger partial charge is 0.378 e. The van der Waals surface area contributed by atoms with E-state index in [2.05, 4.69) is 46.0 Å². The second-order valence-corrected chi connectivity index (χ2v) is 7.99. The lowest BCUT2D eigenvalue weighted by Gasteiger charge is -2.27. The number of hydrogen-bond donors (Lipinski definition) is 0. The van der Waals surface area contributed by atoms with Crippen LogP contribution in [0.25, 0.3) is 5.69 Å². The number of aromatic nitrogens is 3. The Hall–Kier alpha value is -2.64. The molecular formula is C22H24N4O2S. The van der Waals surface area contributed by atoms with Crippen LogP contribution in [0.15, 0.2) is 53.7 Å². The highest BCUT2D eigenvalue weighted by Crippen LogP contribution is 2.27. The normalized spacial score (nSPS) is 14.2. The Morgan fingerprint density at radius 1 is 1.03 bits per heavy atom. The average molecular weight is 409 g/mol. The molecule has 0 radical (unpaired) electrons. The maximum atomic E-state index is 13.0. The standard InChI is InChI=1S/C22H24N4O2S/c1-16-7-9-19(10-8-16)26-17(2)23-24-22(26)29-15-18-5-3-4-6-20(18)21(27)25-11-13-28-14-12-25/h3-10H,11-15H2,1-2H3. The van der Waals surface area contributed by atoms with Crippen molar-refractivity contribution in [1.29, 1.82) is 0 Å². The van der Waals surface area contributed by atoms with E-state index in [0.717, 1.165) is 27.8 Å². The summed E-state index contributed by atoms with van der Waals surface area (Å²) in [5, 5.41) is 9.44. The minimum atomic E-state index is 0.0701. The molecule has 7 heteroatoms. The highest BCUT2D eigenvalue weighted by Gasteiger charge is 2.21. The molecule has 0 aliphatic carbocycles. The lowest BCUT2D eigenvalue weighted by Crippen LogP contribution is -2.41. The topological polar surface area (TPSA) is 60.2 Å². The molecule has 0 spiro atoms. The van der Waals surface area contributed by atoms with E-state index in [-0.39, 0.29) is 5.91 Å². The van der Waals surface area contributed by atoms with Gasteiger partial charge in [0.15, 0.2) is 5.16 Å². The summed E-state index contributed by atoms with van der Waals surface area (Å²) in [5.41, 5.74) is 4.01. The molecule has 2 heterocycles. The molecule has 0 N–H and O–H groups in total. The van der Waals surface area contributed by atoms with Gasteiger partial charge in [0.05, 0.1) is 13.2 Å². The van der Waals surface area contributed by atoms with Crippen LogP contribution >= 0.6 is 11.8 Å². The van der Waals surface area contributed by atoms with Crippen molar-refractivity contribution < 1.29 is 9.53 Å². The van der Waals surface area contributed by atoms with Crippen LogP contribution in [-0.4, -0.2) is 51.9 Å². The second-order valence-electron chi connectivity index (χ2n) is 7.05. The van der Waals surface area contributed by atoms with Gasteiger partial charge in [0, 0.05) is 30.1 Å². The number of carbonyl (C=O) groups excluding carboxylic acids is 1. The van der Waals surface area contributed by atoms with Gasteiger partial charge in [-0.15, -0.1) is 10.2 Å². The van der Waals surface area contributed by atoms with E-state index in [1.807, 2.05) is 36.1 Å². The van der Waals surface area contributed by atoms with Gasteiger partial charge in [-0.05, 0) is 37.6 Å². The summed E-state index contributed by atoms with van der Waals surface area (Å²) in [6.45, 7) is 6.50. The third-order valence-electron chi connectivity index (χ3n) is 4.99. The van der Waals surface area contributed by atoms with E-state index in [0.29, 0.717) is 32.1 Å². The van der Waals surface area contributed by atoms with Crippen LogP contribution in [0.4, 0.5) is 0 Å². The zero-order chi connectivity index (χ0) is 20.2. The first-order chi connectivity index (χ1) is 14.1. The number of ether oxygens (including phenoxy) is 1. The lowest BCUT2D eigenvalue weighted by molar-refractivity contribution is 0.0302. The number of hydrogen-bond acceptors (Lipinski definition) is 5. The minimum absolute atomic E-state index is 0.0701. The lowest BCUT2D eigenvalue weighted by atomic mass is 10.1. The molecule has 1 aliphatic rings. The zero-order valence-corrected chi connectivity index (χ0v) is 17.5. The molecule has 4 rings (SSSR count). The first kappa shape index (κ1) is 19.7. The molecule has 29 heavy (non-hydrogen) atoms. The molecule has 150 valence electrons. The van der Waals surface area contributed by atoms with E-state index in [1.165, 1.54) is 5.56 Å². The van der Waals surface area contributed by atoms with Crippen molar-refractivity contribution in [2.75, 3.05) is 26.3 Å². The van der Waals surface area contributed by atoms with Crippen LogP contribution in [0.2, 0.25) is 0 Å². The van der Waals surface area contributed by atoms with Gasteiger partial charge in [0.1, 0.15) is 5.82 Å². The number of aryl methyl sites for hydroxylation is 2. The molecule has 0 atom stereocenters. The summed E-state index contributed by atoms with van der Waals surface area (Å²) in [7, 11) is 0. The van der Waals surface area contributed by atoms with Gasteiger partial charge in [-0.25, -0.2) is 0 Å². The van der Waals surface area contributed by atoms with Crippen LogP contribution in [-0.2, 0) is 10.5 Å². The molecule has 0 saturated carbocycles. The van der Waals surface area contributed by atoms with E-state index in [4.69, 9.17) is 4.74 Å². The van der Waals surface area contributed by atoms with Crippen LogP contribution in [0.1, 0.15) is 27.3 Å². The monoisotopic (exact) mass is 408 g/mol. The molecule has 0 bridgehead atoms. The van der Waals surface area contributed by atoms with Crippen molar-refractivity contribution >= 4 is 17.7 Å². The molecule has 1 aromatic heterocycles. The number of thioether (sulfide) groups is 1. The summed E-state index contributed by atoms with van der Waals surface area (Å²) in [4.78, 5) is 14.9. The molecule has 1 saturated heterocycles. The third-order valence-corrected chi connectivity index (χ3v) is 5.97. The van der Waals surface area contributed by atoms with Crippen molar-refractivity contribution in [2.45, 2.75) is 24.8 Å². The van der Waals surface area contributed by atoms with E-state index in [1.54, 1.807) is 11.8 Å². The van der Waals surface area contributed by atoms with Crippen molar-refractivity contribution in [3.8, 4) is 5.69 Å². The first-order valence-corrected chi connectivity index (χ1v) is 10.7.